The van der Waals surface area contributed by atoms with E-state index < -0.39 is 0 Å². The highest BCUT2D eigenvalue weighted by Crippen LogP contribution is 2.33. The first-order valence-corrected chi connectivity index (χ1v) is 11.2. The van der Waals surface area contributed by atoms with Crippen molar-refractivity contribution >= 4 is 11.8 Å². The highest BCUT2D eigenvalue weighted by molar-refractivity contribution is 5.88. The van der Waals surface area contributed by atoms with Crippen LogP contribution in [0.3, 0.4) is 0 Å². The molecule has 0 spiro atoms. The summed E-state index contributed by atoms with van der Waals surface area (Å²) in [7, 11) is 0. The number of ether oxygens (including phenoxy) is 1. The predicted molar refractivity (Wildman–Crippen MR) is 132 cm³/mol. The monoisotopic (exact) mass is 397 g/mol. The van der Waals surface area contributed by atoms with Gasteiger partial charge in [0, 0.05) is 23.4 Å². The number of allylic oxidation sites excluding steroid dienone is 6. The van der Waals surface area contributed by atoms with Crippen molar-refractivity contribution in [3.05, 3.63) is 59.7 Å². The second-order valence-corrected chi connectivity index (χ2v) is 7.77. The fourth-order valence-electron chi connectivity index (χ4n) is 2.28. The molecule has 0 radical (unpaired) electrons. The van der Waals surface area contributed by atoms with Crippen molar-refractivity contribution in [2.45, 2.75) is 87.3 Å². The molecule has 2 rings (SSSR count). The molecule has 0 aromatic heterocycles. The van der Waals surface area contributed by atoms with E-state index in [1.54, 1.807) is 0 Å². The molecule has 1 aliphatic carbocycles. The number of rotatable bonds is 6. The average molecular weight is 398 g/mol. The minimum Gasteiger partial charge on any atom is -0.490 e. The lowest BCUT2D eigenvalue weighted by atomic mass is 9.98. The lowest BCUT2D eigenvalue weighted by Gasteiger charge is -2.18. The largest absolute Gasteiger partial charge is 0.490 e. The second-order valence-electron chi connectivity index (χ2n) is 7.77. The van der Waals surface area contributed by atoms with Crippen LogP contribution in [0, 0.1) is 5.92 Å². The van der Waals surface area contributed by atoms with Crippen molar-refractivity contribution in [3.63, 3.8) is 0 Å². The molecule has 0 heterocycles. The zero-order chi connectivity index (χ0) is 22.2. The molecular weight excluding hydrogens is 354 g/mol. The summed E-state index contributed by atoms with van der Waals surface area (Å²) in [6, 6.07) is 6.54. The minimum absolute atomic E-state index is 0.129. The van der Waals surface area contributed by atoms with E-state index in [-0.39, 0.29) is 12.1 Å². The molecule has 0 N–H and O–H groups in total. The quantitative estimate of drug-likeness (QED) is 0.442. The van der Waals surface area contributed by atoms with Crippen molar-refractivity contribution in [2.24, 2.45) is 10.9 Å². The second kappa shape index (κ2) is 15.8. The van der Waals surface area contributed by atoms with E-state index in [1.807, 2.05) is 20.1 Å². The summed E-state index contributed by atoms with van der Waals surface area (Å²) in [6.45, 7) is 18.9. The van der Waals surface area contributed by atoms with Gasteiger partial charge in [0.2, 0.25) is 0 Å². The standard InChI is InChI=1S/C20H25NO.C5H12.C2H6/c1-15(2)21-14-18-12-9-13-19(20(18)22-16(3)4)17-10-7-5-6-8-11-17;1-4-5(2)3;1-2/h5-10,12-16H,11H2,1-4H3;5H,4H2,1-3H3;1-2H3. The number of benzene rings is 1. The average Bonchev–Trinajstić information content (AvgIpc) is 2.98. The van der Waals surface area contributed by atoms with Gasteiger partial charge in [-0.15, -0.1) is 0 Å². The highest BCUT2D eigenvalue weighted by Gasteiger charge is 2.13. The number of hydrogen-bond acceptors (Lipinski definition) is 2. The van der Waals surface area contributed by atoms with Gasteiger partial charge >= 0.3 is 0 Å². The molecule has 0 fully saturated rings. The van der Waals surface area contributed by atoms with Gasteiger partial charge < -0.3 is 4.74 Å². The van der Waals surface area contributed by atoms with Gasteiger partial charge in [-0.25, -0.2) is 0 Å². The summed E-state index contributed by atoms with van der Waals surface area (Å²) < 4.78 is 6.12. The van der Waals surface area contributed by atoms with E-state index in [9.17, 15) is 0 Å². The number of nitrogens with zero attached hydrogens (tertiary/aromatic N) is 1. The van der Waals surface area contributed by atoms with E-state index in [2.05, 4.69) is 102 Å². The molecule has 0 saturated carbocycles. The third-order valence-electron chi connectivity index (χ3n) is 4.07. The molecule has 0 aliphatic heterocycles. The Morgan fingerprint density at radius 3 is 2.21 bits per heavy atom. The Labute approximate surface area is 180 Å². The van der Waals surface area contributed by atoms with Gasteiger partial charge in [0.05, 0.1) is 6.10 Å². The maximum atomic E-state index is 6.12. The first-order chi connectivity index (χ1) is 13.8. The van der Waals surface area contributed by atoms with Crippen LogP contribution in [0.2, 0.25) is 0 Å². The van der Waals surface area contributed by atoms with Gasteiger partial charge in [-0.05, 0) is 51.7 Å². The topological polar surface area (TPSA) is 21.6 Å². The minimum atomic E-state index is 0.129. The Kier molecular flexibility index (Phi) is 14.7. The summed E-state index contributed by atoms with van der Waals surface area (Å²) in [5.74, 6) is 1.81. The number of hydrogen-bond donors (Lipinski definition) is 0. The van der Waals surface area contributed by atoms with Crippen molar-refractivity contribution in [2.75, 3.05) is 0 Å². The Morgan fingerprint density at radius 2 is 1.66 bits per heavy atom. The summed E-state index contributed by atoms with van der Waals surface area (Å²) in [6.07, 6.45) is 14.8. The molecule has 0 bridgehead atoms. The molecular formula is C27H43NO. The van der Waals surface area contributed by atoms with Crippen LogP contribution in [-0.2, 0) is 0 Å². The Hall–Kier alpha value is -2.09. The molecule has 2 heteroatoms. The van der Waals surface area contributed by atoms with Crippen molar-refractivity contribution in [1.82, 2.24) is 0 Å². The van der Waals surface area contributed by atoms with Crippen LogP contribution in [0.1, 0.15) is 86.3 Å². The highest BCUT2D eigenvalue weighted by atomic mass is 16.5. The first kappa shape index (κ1) is 26.9. The van der Waals surface area contributed by atoms with Gasteiger partial charge in [-0.1, -0.05) is 83.6 Å². The predicted octanol–water partition coefficient (Wildman–Crippen LogP) is 8.28. The van der Waals surface area contributed by atoms with Crippen LogP contribution < -0.4 is 4.74 Å². The molecule has 0 unspecified atom stereocenters. The fourth-order valence-corrected chi connectivity index (χ4v) is 2.28. The Bertz CT molecular complexity index is 676. The Morgan fingerprint density at radius 1 is 1.00 bits per heavy atom. The molecule has 1 aliphatic rings. The van der Waals surface area contributed by atoms with Crippen LogP contribution in [0.25, 0.3) is 5.57 Å². The lowest BCUT2D eigenvalue weighted by Crippen LogP contribution is -2.10. The molecule has 2 nitrogen and oxygen atoms in total. The third-order valence-corrected chi connectivity index (χ3v) is 4.07. The van der Waals surface area contributed by atoms with Crippen LogP contribution in [0.15, 0.2) is 53.6 Å². The molecule has 1 aromatic carbocycles. The van der Waals surface area contributed by atoms with Gasteiger partial charge in [0.15, 0.2) is 0 Å². The van der Waals surface area contributed by atoms with Crippen molar-refractivity contribution in [3.8, 4) is 5.75 Å². The molecule has 0 amide bonds. The van der Waals surface area contributed by atoms with E-state index >= 15 is 0 Å². The fraction of sp³-hybridized carbons (Fsp3) is 0.519. The van der Waals surface area contributed by atoms with Gasteiger partial charge in [0.25, 0.3) is 0 Å². The maximum absolute atomic E-state index is 6.12. The number of aliphatic imine (C=N–C) groups is 1. The Balaban J connectivity index is 0.000000977. The van der Waals surface area contributed by atoms with E-state index in [0.717, 1.165) is 29.2 Å². The summed E-state index contributed by atoms with van der Waals surface area (Å²) >= 11 is 0. The van der Waals surface area contributed by atoms with E-state index in [0.29, 0.717) is 0 Å². The van der Waals surface area contributed by atoms with Crippen LogP contribution >= 0.6 is 0 Å². The van der Waals surface area contributed by atoms with Gasteiger partial charge in [-0.2, -0.15) is 0 Å². The summed E-state index contributed by atoms with van der Waals surface area (Å²) in [5, 5.41) is 0. The van der Waals surface area contributed by atoms with E-state index in [1.165, 1.54) is 12.0 Å². The third kappa shape index (κ3) is 11.5. The zero-order valence-corrected chi connectivity index (χ0v) is 20.2. The zero-order valence-electron chi connectivity index (χ0n) is 20.2. The van der Waals surface area contributed by atoms with Gasteiger partial charge in [-0.3, -0.25) is 4.99 Å². The summed E-state index contributed by atoms with van der Waals surface area (Å²) in [5.41, 5.74) is 3.45. The molecule has 1 aromatic rings. The smallest absolute Gasteiger partial charge is 0.135 e. The van der Waals surface area contributed by atoms with Crippen LogP contribution in [0.5, 0.6) is 5.75 Å². The normalized spacial score (nSPS) is 13.0. The summed E-state index contributed by atoms with van der Waals surface area (Å²) in [4.78, 5) is 4.52. The lowest BCUT2D eigenvalue weighted by molar-refractivity contribution is 0.241. The van der Waals surface area contributed by atoms with Crippen LogP contribution in [-0.4, -0.2) is 18.4 Å². The van der Waals surface area contributed by atoms with Crippen molar-refractivity contribution in [1.29, 1.82) is 0 Å². The SMILES string of the molecule is CC.CC(C)N=Cc1cccc(C2=CC=CC=CC2)c1OC(C)C.CCC(C)C. The van der Waals surface area contributed by atoms with E-state index in [4.69, 9.17) is 4.74 Å². The molecule has 0 saturated heterocycles. The van der Waals surface area contributed by atoms with Crippen LogP contribution in [0.4, 0.5) is 0 Å². The molecule has 29 heavy (non-hydrogen) atoms. The maximum Gasteiger partial charge on any atom is 0.135 e. The first-order valence-electron chi connectivity index (χ1n) is 11.2. The molecule has 0 atom stereocenters. The molecule has 162 valence electrons. The number of para-hydroxylation sites is 1. The van der Waals surface area contributed by atoms with Crippen molar-refractivity contribution < 1.29 is 4.74 Å². The van der Waals surface area contributed by atoms with Gasteiger partial charge in [0.1, 0.15) is 5.75 Å².